The fraction of sp³-hybridized carbons (Fsp3) is 0.200. The third kappa shape index (κ3) is 0.753. The maximum Gasteiger partial charge on any atom is 0.115 e. The van der Waals surface area contributed by atoms with Crippen molar-refractivity contribution in [1.82, 2.24) is 9.97 Å². The number of anilines is 1. The van der Waals surface area contributed by atoms with E-state index in [1.807, 2.05) is 0 Å². The van der Waals surface area contributed by atoms with E-state index < -0.39 is 0 Å². The molecule has 1 aromatic rings. The molecule has 0 fully saturated rings. The molecule has 0 aromatic carbocycles. The number of hydrogen-bond acceptors (Lipinski definition) is 3. The van der Waals surface area contributed by atoms with Gasteiger partial charge in [0.15, 0.2) is 0 Å². The van der Waals surface area contributed by atoms with E-state index >= 15 is 0 Å². The third-order valence-electron chi connectivity index (χ3n) is 0.834. The van der Waals surface area contributed by atoms with Gasteiger partial charge in [-0.15, -0.1) is 0 Å². The van der Waals surface area contributed by atoms with Crippen LogP contribution in [0.15, 0.2) is 12.5 Å². The van der Waals surface area contributed by atoms with Gasteiger partial charge in [0.1, 0.15) is 7.67 Å². The van der Waals surface area contributed by atoms with Crippen LogP contribution >= 0.6 is 0 Å². The van der Waals surface area contributed by atoms with E-state index in [9.17, 15) is 0 Å². The first kappa shape index (κ1) is 3.02. The number of aromatic nitrogens is 2. The number of nitrogen functional groups attached to an aromatic ring is 1. The third-order valence-corrected chi connectivity index (χ3v) is 0.834. The summed E-state index contributed by atoms with van der Waals surface area (Å²) in [7, 11) is 0. The molecule has 1 aromatic heterocycles. The van der Waals surface area contributed by atoms with Gasteiger partial charge in [0, 0.05) is 0 Å². The molecule has 0 aliphatic rings. The van der Waals surface area contributed by atoms with Crippen molar-refractivity contribution in [2.45, 2.75) is 6.92 Å². The number of aryl methyl sites for hydroxylation is 1. The van der Waals surface area contributed by atoms with Gasteiger partial charge in [-0.2, -0.15) is 0 Å². The maximum atomic E-state index is 7.11. The molecule has 0 spiro atoms. The highest BCUT2D eigenvalue weighted by Gasteiger charge is 1.87. The van der Waals surface area contributed by atoms with Crippen molar-refractivity contribution in [2.75, 3.05) is 5.73 Å². The van der Waals surface area contributed by atoms with Crippen molar-refractivity contribution in [2.24, 2.45) is 0 Å². The molecule has 1 rings (SSSR count). The predicted octanol–water partition coefficient (Wildman–Crippen LogP) is 0.367. The molecule has 1 heterocycles. The average molecular weight is 111 g/mol. The first-order valence-electron chi connectivity index (χ1n) is 3.18. The summed E-state index contributed by atoms with van der Waals surface area (Å²) in [5, 5.41) is 0. The van der Waals surface area contributed by atoms with E-state index in [0.717, 1.165) is 0 Å². The summed E-state index contributed by atoms with van der Waals surface area (Å²) < 4.78 is 14.1. The lowest BCUT2D eigenvalue weighted by Gasteiger charge is -1.91. The Balaban J connectivity index is 3.31. The highest BCUT2D eigenvalue weighted by molar-refractivity contribution is 5.37. The zero-order valence-electron chi connectivity index (χ0n) is 6.47. The van der Waals surface area contributed by atoms with Crippen molar-refractivity contribution in [1.29, 1.82) is 0 Å². The maximum absolute atomic E-state index is 7.11. The second kappa shape index (κ2) is 1.78. The molecule has 0 aliphatic carbocycles. The van der Waals surface area contributed by atoms with Crippen LogP contribution < -0.4 is 5.73 Å². The number of rotatable bonds is 0. The lowest BCUT2D eigenvalue weighted by molar-refractivity contribution is 1.11. The van der Waals surface area contributed by atoms with Crippen LogP contribution in [0.3, 0.4) is 0 Å². The molecule has 0 amide bonds. The molecule has 3 heteroatoms. The lowest BCUT2D eigenvalue weighted by Crippen LogP contribution is -1.92. The highest BCUT2D eigenvalue weighted by atomic mass is 14.8. The SMILES string of the molecule is [2H]c1nc([2H])c(N)c(C)n1. The minimum atomic E-state index is -0.156. The molecule has 0 unspecified atom stereocenters. The Labute approximate surface area is 50.4 Å². The molecular weight excluding hydrogens is 102 g/mol. The molecule has 0 aliphatic heterocycles. The minimum Gasteiger partial charge on any atom is -0.396 e. The van der Waals surface area contributed by atoms with Gasteiger partial charge in [-0.25, -0.2) is 9.97 Å². The Hall–Kier alpha value is -1.12. The Bertz CT molecular complexity index is 238. The second-order valence-electron chi connectivity index (χ2n) is 1.43. The van der Waals surface area contributed by atoms with Crippen LogP contribution in [0.2, 0.25) is 0 Å². The first-order valence-corrected chi connectivity index (χ1v) is 2.18. The summed E-state index contributed by atoms with van der Waals surface area (Å²) in [6, 6.07) is 0. The van der Waals surface area contributed by atoms with Gasteiger partial charge in [0.05, 0.1) is 18.9 Å². The van der Waals surface area contributed by atoms with Gasteiger partial charge in [0.2, 0.25) is 0 Å². The summed E-state index contributed by atoms with van der Waals surface area (Å²) >= 11 is 0. The minimum absolute atomic E-state index is 0.0718. The van der Waals surface area contributed by atoms with E-state index in [1.165, 1.54) is 0 Å². The molecule has 0 saturated carbocycles. The molecule has 0 radical (unpaired) electrons. The van der Waals surface area contributed by atoms with Gasteiger partial charge in [-0.1, -0.05) is 0 Å². The molecule has 0 atom stereocenters. The monoisotopic (exact) mass is 111 g/mol. The summed E-state index contributed by atoms with van der Waals surface area (Å²) in [6.07, 6.45) is -0.228. The van der Waals surface area contributed by atoms with Crippen LogP contribution in [0.5, 0.6) is 0 Å². The summed E-state index contributed by atoms with van der Waals surface area (Å²) in [5.74, 6) is 0. The zero-order chi connectivity index (χ0) is 7.72. The van der Waals surface area contributed by atoms with E-state index in [1.54, 1.807) is 6.92 Å². The number of nitrogens with two attached hydrogens (primary N) is 1. The molecular formula is C5H7N3. The van der Waals surface area contributed by atoms with Gasteiger partial charge in [0.25, 0.3) is 0 Å². The zero-order valence-corrected chi connectivity index (χ0v) is 4.47. The van der Waals surface area contributed by atoms with Crippen molar-refractivity contribution >= 4 is 5.69 Å². The fourth-order valence-corrected chi connectivity index (χ4v) is 0.326. The van der Waals surface area contributed by atoms with Crippen molar-refractivity contribution in [3.8, 4) is 0 Å². The van der Waals surface area contributed by atoms with Crippen LogP contribution in [-0.2, 0) is 0 Å². The summed E-state index contributed by atoms with van der Waals surface area (Å²) in [5.41, 5.74) is 6.09. The Morgan fingerprint density at radius 3 is 3.25 bits per heavy atom. The number of nitrogens with zero attached hydrogens (tertiary/aromatic N) is 2. The lowest BCUT2D eigenvalue weighted by atomic mass is 10.4. The Morgan fingerprint density at radius 2 is 2.62 bits per heavy atom. The molecule has 42 valence electrons. The molecule has 0 saturated heterocycles. The molecule has 8 heavy (non-hydrogen) atoms. The van der Waals surface area contributed by atoms with E-state index in [0.29, 0.717) is 5.69 Å². The van der Waals surface area contributed by atoms with Crippen LogP contribution in [0.1, 0.15) is 8.44 Å². The van der Waals surface area contributed by atoms with Gasteiger partial charge in [-0.3, -0.25) is 0 Å². The average Bonchev–Trinajstić information content (AvgIpc) is 1.82. The second-order valence-corrected chi connectivity index (χ2v) is 1.43. The van der Waals surface area contributed by atoms with E-state index in [4.69, 9.17) is 8.48 Å². The first-order chi connectivity index (χ1) is 4.61. The summed E-state index contributed by atoms with van der Waals surface area (Å²) in [6.45, 7) is 1.65. The van der Waals surface area contributed by atoms with Crippen molar-refractivity contribution < 1.29 is 2.74 Å². The Kier molecular flexibility index (Phi) is 0.670. The largest absolute Gasteiger partial charge is 0.396 e. The van der Waals surface area contributed by atoms with Crippen LogP contribution in [0.25, 0.3) is 0 Å². The fourth-order valence-electron chi connectivity index (χ4n) is 0.326. The van der Waals surface area contributed by atoms with E-state index in [2.05, 4.69) is 9.97 Å². The molecule has 3 nitrogen and oxygen atoms in total. The normalized spacial score (nSPS) is 12.6. The highest BCUT2D eigenvalue weighted by Crippen LogP contribution is 1.99. The van der Waals surface area contributed by atoms with Gasteiger partial charge >= 0.3 is 0 Å². The van der Waals surface area contributed by atoms with E-state index in [-0.39, 0.29) is 18.2 Å². The standard InChI is InChI=1S/C5H7N3/c1-4-5(6)2-7-3-8-4/h2-3H,6H2,1H3/i2D,3D. The van der Waals surface area contributed by atoms with Gasteiger partial charge < -0.3 is 5.73 Å². The predicted molar refractivity (Wildman–Crippen MR) is 31.2 cm³/mol. The van der Waals surface area contributed by atoms with Crippen LogP contribution in [-0.4, -0.2) is 9.97 Å². The van der Waals surface area contributed by atoms with Gasteiger partial charge in [-0.05, 0) is 6.92 Å². The topological polar surface area (TPSA) is 51.8 Å². The quantitative estimate of drug-likeness (QED) is 0.526. The van der Waals surface area contributed by atoms with Crippen molar-refractivity contribution in [3.05, 3.63) is 18.2 Å². The Morgan fingerprint density at radius 1 is 1.88 bits per heavy atom. The van der Waals surface area contributed by atoms with Crippen molar-refractivity contribution in [3.63, 3.8) is 0 Å². The molecule has 0 bridgehead atoms. The smallest absolute Gasteiger partial charge is 0.115 e. The van der Waals surface area contributed by atoms with Crippen LogP contribution in [0, 0.1) is 6.92 Å². The summed E-state index contributed by atoms with van der Waals surface area (Å²) in [4.78, 5) is 7.08. The van der Waals surface area contributed by atoms with Crippen LogP contribution in [0.4, 0.5) is 5.69 Å². The number of hydrogen-bond donors (Lipinski definition) is 1. The molecule has 2 N–H and O–H groups in total.